The molecule has 0 aliphatic heterocycles. The van der Waals surface area contributed by atoms with Crippen molar-refractivity contribution in [3.63, 3.8) is 0 Å². The summed E-state index contributed by atoms with van der Waals surface area (Å²) in [4.78, 5) is 0. The molecule has 1 aliphatic carbocycles. The van der Waals surface area contributed by atoms with Crippen molar-refractivity contribution in [2.24, 2.45) is 11.1 Å². The van der Waals surface area contributed by atoms with Gasteiger partial charge < -0.3 is 5.21 Å². The monoisotopic (exact) mass is 161 g/mol. The molecule has 2 nitrogen and oxygen atoms in total. The number of benzene rings is 1. The molecule has 1 aromatic carbocycles. The van der Waals surface area contributed by atoms with Gasteiger partial charge in [-0.05, 0) is 17.9 Å². The highest BCUT2D eigenvalue weighted by molar-refractivity contribution is 5.66. The molecule has 0 aromatic heterocycles. The summed E-state index contributed by atoms with van der Waals surface area (Å²) >= 11 is 0. The second-order valence-corrected chi connectivity index (χ2v) is 3.18. The summed E-state index contributed by atoms with van der Waals surface area (Å²) < 4.78 is 0. The Morgan fingerprint density at radius 2 is 2.08 bits per heavy atom. The standard InChI is InChI=1S/C10H11NO/c12-11-7-9-6-10(9)8-4-2-1-3-5-8/h1-5,7,9-10,12H,6H2/b11-7-/t9-,10-/m0/s1. The van der Waals surface area contributed by atoms with Crippen LogP contribution < -0.4 is 0 Å². The van der Waals surface area contributed by atoms with Crippen LogP contribution in [0, 0.1) is 5.92 Å². The van der Waals surface area contributed by atoms with Gasteiger partial charge in [-0.25, -0.2) is 0 Å². The highest BCUT2D eigenvalue weighted by Crippen LogP contribution is 2.45. The molecule has 0 unspecified atom stereocenters. The predicted molar refractivity (Wildman–Crippen MR) is 47.6 cm³/mol. The van der Waals surface area contributed by atoms with Gasteiger partial charge >= 0.3 is 0 Å². The van der Waals surface area contributed by atoms with Crippen molar-refractivity contribution in [3.05, 3.63) is 35.9 Å². The molecule has 12 heavy (non-hydrogen) atoms. The lowest BCUT2D eigenvalue weighted by atomic mass is 10.1. The molecule has 0 heterocycles. The van der Waals surface area contributed by atoms with E-state index in [0.717, 1.165) is 6.42 Å². The summed E-state index contributed by atoms with van der Waals surface area (Å²) in [7, 11) is 0. The number of hydrogen-bond donors (Lipinski definition) is 1. The zero-order chi connectivity index (χ0) is 8.39. The Kier molecular flexibility index (Phi) is 1.82. The Hall–Kier alpha value is -1.31. The van der Waals surface area contributed by atoms with Gasteiger partial charge in [0.2, 0.25) is 0 Å². The molecule has 2 rings (SSSR count). The molecule has 0 amide bonds. The van der Waals surface area contributed by atoms with E-state index in [2.05, 4.69) is 17.3 Å². The average molecular weight is 161 g/mol. The van der Waals surface area contributed by atoms with Crippen LogP contribution in [0.2, 0.25) is 0 Å². The van der Waals surface area contributed by atoms with Crippen LogP contribution >= 0.6 is 0 Å². The van der Waals surface area contributed by atoms with Crippen LogP contribution in [0.4, 0.5) is 0 Å². The summed E-state index contributed by atoms with van der Waals surface area (Å²) in [5.74, 6) is 1.04. The minimum atomic E-state index is 0.456. The van der Waals surface area contributed by atoms with E-state index in [1.165, 1.54) is 5.56 Å². The van der Waals surface area contributed by atoms with Crippen molar-refractivity contribution in [1.29, 1.82) is 0 Å². The molecule has 2 atom stereocenters. The largest absolute Gasteiger partial charge is 0.411 e. The van der Waals surface area contributed by atoms with Gasteiger partial charge in [-0.3, -0.25) is 0 Å². The minimum absolute atomic E-state index is 0.456. The third kappa shape index (κ3) is 1.33. The Balaban J connectivity index is 2.06. The van der Waals surface area contributed by atoms with Crippen LogP contribution in [0.5, 0.6) is 0 Å². The van der Waals surface area contributed by atoms with E-state index in [9.17, 15) is 0 Å². The molecule has 0 radical (unpaired) electrons. The van der Waals surface area contributed by atoms with Gasteiger partial charge in [0.05, 0.1) is 0 Å². The molecule has 2 heteroatoms. The zero-order valence-corrected chi connectivity index (χ0v) is 6.72. The molecule has 1 fully saturated rings. The summed E-state index contributed by atoms with van der Waals surface area (Å²) in [5.41, 5.74) is 1.35. The molecule has 1 aliphatic rings. The highest BCUT2D eigenvalue weighted by atomic mass is 16.4. The van der Waals surface area contributed by atoms with Gasteiger partial charge in [-0.2, -0.15) is 0 Å². The second-order valence-electron chi connectivity index (χ2n) is 3.18. The zero-order valence-electron chi connectivity index (χ0n) is 6.72. The Bertz CT molecular complexity index is 281. The lowest BCUT2D eigenvalue weighted by molar-refractivity contribution is 0.320. The maximum atomic E-state index is 8.31. The summed E-state index contributed by atoms with van der Waals surface area (Å²) in [6.07, 6.45) is 2.74. The van der Waals surface area contributed by atoms with Crippen LogP contribution in [0.15, 0.2) is 35.5 Å². The lowest BCUT2D eigenvalue weighted by Crippen LogP contribution is -1.83. The molecule has 1 N–H and O–H groups in total. The van der Waals surface area contributed by atoms with Crippen LogP contribution in [0.25, 0.3) is 0 Å². The number of nitrogens with zero attached hydrogens (tertiary/aromatic N) is 1. The van der Waals surface area contributed by atoms with Crippen molar-refractivity contribution >= 4 is 6.21 Å². The molecule has 62 valence electrons. The normalized spacial score (nSPS) is 27.7. The quantitative estimate of drug-likeness (QED) is 0.402. The average Bonchev–Trinajstić information content (AvgIpc) is 2.87. The Labute approximate surface area is 71.5 Å². The van der Waals surface area contributed by atoms with Gasteiger partial charge in [0, 0.05) is 12.1 Å². The smallest absolute Gasteiger partial charge is 0.0473 e. The molecule has 0 saturated heterocycles. The minimum Gasteiger partial charge on any atom is -0.411 e. The SMILES string of the molecule is O/N=C\[C@@H]1C[C@H]1c1ccccc1. The summed E-state index contributed by atoms with van der Waals surface area (Å²) in [6, 6.07) is 10.3. The van der Waals surface area contributed by atoms with Gasteiger partial charge in [-0.1, -0.05) is 30.3 Å². The fraction of sp³-hybridized carbons (Fsp3) is 0.300. The maximum Gasteiger partial charge on any atom is 0.0473 e. The first kappa shape index (κ1) is 7.35. The fourth-order valence-electron chi connectivity index (χ4n) is 1.55. The number of hydrogen-bond acceptors (Lipinski definition) is 2. The van der Waals surface area contributed by atoms with Crippen LogP contribution in [-0.2, 0) is 0 Å². The summed E-state index contributed by atoms with van der Waals surface area (Å²) in [5, 5.41) is 11.4. The summed E-state index contributed by atoms with van der Waals surface area (Å²) in [6.45, 7) is 0. The fourth-order valence-corrected chi connectivity index (χ4v) is 1.55. The number of rotatable bonds is 2. The Morgan fingerprint density at radius 1 is 1.33 bits per heavy atom. The topological polar surface area (TPSA) is 32.6 Å². The van der Waals surface area contributed by atoms with Crippen molar-refractivity contribution in [1.82, 2.24) is 0 Å². The van der Waals surface area contributed by atoms with Crippen LogP contribution in [-0.4, -0.2) is 11.4 Å². The van der Waals surface area contributed by atoms with Crippen LogP contribution in [0.1, 0.15) is 17.9 Å². The van der Waals surface area contributed by atoms with E-state index in [1.54, 1.807) is 6.21 Å². The first-order valence-corrected chi connectivity index (χ1v) is 4.14. The van der Waals surface area contributed by atoms with E-state index in [1.807, 2.05) is 18.2 Å². The predicted octanol–water partition coefficient (Wildman–Crippen LogP) is 2.25. The Morgan fingerprint density at radius 3 is 2.75 bits per heavy atom. The first-order chi connectivity index (χ1) is 5.92. The van der Waals surface area contributed by atoms with Gasteiger partial charge in [0.15, 0.2) is 0 Å². The molecule has 1 saturated carbocycles. The second kappa shape index (κ2) is 2.97. The molecular weight excluding hydrogens is 150 g/mol. The molecule has 0 spiro atoms. The van der Waals surface area contributed by atoms with E-state index >= 15 is 0 Å². The van der Waals surface area contributed by atoms with Crippen molar-refractivity contribution < 1.29 is 5.21 Å². The third-order valence-electron chi connectivity index (χ3n) is 2.33. The van der Waals surface area contributed by atoms with E-state index in [-0.39, 0.29) is 0 Å². The lowest BCUT2D eigenvalue weighted by Gasteiger charge is -1.94. The van der Waals surface area contributed by atoms with E-state index < -0.39 is 0 Å². The van der Waals surface area contributed by atoms with Gasteiger partial charge in [0.1, 0.15) is 0 Å². The van der Waals surface area contributed by atoms with Crippen molar-refractivity contribution in [2.75, 3.05) is 0 Å². The van der Waals surface area contributed by atoms with Crippen LogP contribution in [0.3, 0.4) is 0 Å². The first-order valence-electron chi connectivity index (χ1n) is 4.14. The third-order valence-corrected chi connectivity index (χ3v) is 2.33. The molecular formula is C10H11NO. The number of oxime groups is 1. The molecule has 1 aromatic rings. The van der Waals surface area contributed by atoms with Crippen molar-refractivity contribution in [2.45, 2.75) is 12.3 Å². The van der Waals surface area contributed by atoms with Crippen molar-refractivity contribution in [3.8, 4) is 0 Å². The van der Waals surface area contributed by atoms with E-state index in [4.69, 9.17) is 5.21 Å². The molecule has 0 bridgehead atoms. The van der Waals surface area contributed by atoms with Gasteiger partial charge in [-0.15, -0.1) is 5.16 Å². The maximum absolute atomic E-state index is 8.31. The van der Waals surface area contributed by atoms with E-state index in [0.29, 0.717) is 11.8 Å². The highest BCUT2D eigenvalue weighted by Gasteiger charge is 2.36. The van der Waals surface area contributed by atoms with Gasteiger partial charge in [0.25, 0.3) is 0 Å².